The highest BCUT2D eigenvalue weighted by Gasteiger charge is 2.47. The largest absolute Gasteiger partial charge is 0.348 e. The molecule has 5 rings (SSSR count). The molecular weight excluding hydrogens is 917 g/mol. The fourth-order valence-corrected chi connectivity index (χ4v) is 8.90. The van der Waals surface area contributed by atoms with Gasteiger partial charge in [0, 0.05) is 36.3 Å². The highest BCUT2D eigenvalue weighted by Crippen LogP contribution is 2.29. The molecule has 2 aliphatic rings. The molecule has 390 valence electrons. The van der Waals surface area contributed by atoms with Gasteiger partial charge in [-0.15, -0.1) is 0 Å². The highest BCUT2D eigenvalue weighted by atomic mass is 16.2. The van der Waals surface area contributed by atoms with Crippen molar-refractivity contribution in [3.05, 3.63) is 107 Å². The van der Waals surface area contributed by atoms with Crippen LogP contribution in [0.5, 0.6) is 0 Å². The zero-order chi connectivity index (χ0) is 53.2. The lowest BCUT2D eigenvalue weighted by molar-refractivity contribution is -0.144. The molecule has 10 atom stereocenters. The second-order valence-corrected chi connectivity index (χ2v) is 21.3. The first-order valence-electron chi connectivity index (χ1n) is 24.8. The first-order valence-corrected chi connectivity index (χ1v) is 24.8. The fraction of sp³-hybridized carbons (Fsp3) is 0.519. The second-order valence-electron chi connectivity index (χ2n) is 21.3. The summed E-state index contributed by atoms with van der Waals surface area (Å²) in [6.45, 7) is 17.9. The van der Waals surface area contributed by atoms with E-state index in [1.807, 2.05) is 116 Å². The van der Waals surface area contributed by atoms with Crippen LogP contribution in [0.4, 0.5) is 0 Å². The van der Waals surface area contributed by atoms with Gasteiger partial charge in [-0.2, -0.15) is 0 Å². The Morgan fingerprint density at radius 3 is 1.17 bits per heavy atom. The van der Waals surface area contributed by atoms with E-state index in [9.17, 15) is 38.4 Å². The third kappa shape index (κ3) is 14.3. The summed E-state index contributed by atoms with van der Waals surface area (Å²) in [5, 5.41) is 23.6. The van der Waals surface area contributed by atoms with E-state index in [1.54, 1.807) is 46.1 Å². The third-order valence-electron chi connectivity index (χ3n) is 13.6. The van der Waals surface area contributed by atoms with Crippen LogP contribution in [-0.4, -0.2) is 133 Å². The smallest absolute Gasteiger partial charge is 0.251 e. The standard InChI is InChI=1S/C54H76N10O8/c1-31(35-20-15-13-16-21-35)57-49(69)41-27-39(29-63(41)51(71)43(53(5,6)7)61-45(65)33(3)55-11)59-47(67)37-24-19-25-38(26-37)48(68)60-40-28-42(50(70)58-32(2)36-22-17-14-18-23-36)64(30-40)52(72)44(54(8,9)10)62-46(66)34(4)56-12/h13-26,31-34,39-44,55-56H,27-30H2,1-12H3,(H,57,69)(H,58,70)(H,59,67)(H,60,68)(H,61,65)(H,62,66)/t31?,32?,33-,34-,39-,40+,41?,42-,43-,44-/m0/s1. The SMILES string of the molecule is CN[C@@H](C)C(=O)N[C@@H](C(=O)N1C[C@@H](NC(=O)c2cccc(C(=O)N[C@@H]3C[C@@H](C(=O)NC(C)c4ccccc4)N(C(=O)[C@H](NC(=O)[C@H](C)NC)C(C)(C)C)C3)c2)CC1C(=O)NC(C)c1ccccc1)C(C)(C)C. The van der Waals surface area contributed by atoms with Gasteiger partial charge in [0.1, 0.15) is 24.2 Å². The minimum Gasteiger partial charge on any atom is -0.348 e. The average Bonchev–Trinajstić information content (AvgIpc) is 3.98. The Hall–Kier alpha value is -6.66. The zero-order valence-corrected chi connectivity index (χ0v) is 43.8. The second kappa shape index (κ2) is 24.2. The molecule has 8 N–H and O–H groups in total. The lowest BCUT2D eigenvalue weighted by Crippen LogP contribution is -2.59. The van der Waals surface area contributed by atoms with Gasteiger partial charge in [0.15, 0.2) is 0 Å². The molecule has 8 amide bonds. The van der Waals surface area contributed by atoms with E-state index in [0.717, 1.165) is 11.1 Å². The minimum absolute atomic E-state index is 0.0311. The van der Waals surface area contributed by atoms with Crippen LogP contribution in [0.15, 0.2) is 84.9 Å². The minimum atomic E-state index is -1.01. The van der Waals surface area contributed by atoms with Crippen LogP contribution in [-0.2, 0) is 28.8 Å². The van der Waals surface area contributed by atoms with Crippen LogP contribution in [0.25, 0.3) is 0 Å². The molecule has 0 aliphatic carbocycles. The van der Waals surface area contributed by atoms with Gasteiger partial charge in [0.05, 0.1) is 24.2 Å². The monoisotopic (exact) mass is 993 g/mol. The molecule has 3 unspecified atom stereocenters. The van der Waals surface area contributed by atoms with Crippen molar-refractivity contribution in [3.8, 4) is 0 Å². The van der Waals surface area contributed by atoms with Gasteiger partial charge < -0.3 is 52.3 Å². The highest BCUT2D eigenvalue weighted by molar-refractivity contribution is 6.01. The molecule has 3 aromatic rings. The number of likely N-dealkylation sites (tertiary alicyclic amines) is 2. The van der Waals surface area contributed by atoms with Gasteiger partial charge in [0.25, 0.3) is 11.8 Å². The van der Waals surface area contributed by atoms with Crippen LogP contribution in [0, 0.1) is 10.8 Å². The van der Waals surface area contributed by atoms with Gasteiger partial charge in [-0.25, -0.2) is 0 Å². The Labute approximate surface area is 424 Å². The van der Waals surface area contributed by atoms with Crippen molar-refractivity contribution < 1.29 is 38.4 Å². The van der Waals surface area contributed by atoms with E-state index < -0.39 is 107 Å². The van der Waals surface area contributed by atoms with Crippen molar-refractivity contribution in [2.45, 2.75) is 142 Å². The molecule has 72 heavy (non-hydrogen) atoms. The zero-order valence-electron chi connectivity index (χ0n) is 43.8. The maximum Gasteiger partial charge on any atom is 0.251 e. The molecule has 18 heteroatoms. The summed E-state index contributed by atoms with van der Waals surface area (Å²) in [6, 6.07) is 17.5. The van der Waals surface area contributed by atoms with E-state index in [4.69, 9.17) is 0 Å². The van der Waals surface area contributed by atoms with Gasteiger partial charge >= 0.3 is 0 Å². The number of carbonyl (C=O) groups is 8. The first-order chi connectivity index (χ1) is 33.8. The Bertz CT molecular complexity index is 2260. The molecule has 2 saturated heterocycles. The molecule has 0 radical (unpaired) electrons. The lowest BCUT2D eigenvalue weighted by atomic mass is 9.85. The molecule has 0 bridgehead atoms. The molecule has 2 fully saturated rings. The predicted molar refractivity (Wildman–Crippen MR) is 275 cm³/mol. The number of hydrogen-bond donors (Lipinski definition) is 8. The maximum atomic E-state index is 14.5. The topological polar surface area (TPSA) is 239 Å². The molecule has 0 aromatic heterocycles. The van der Waals surface area contributed by atoms with E-state index in [1.165, 1.54) is 15.9 Å². The average molecular weight is 993 g/mol. The van der Waals surface area contributed by atoms with Gasteiger partial charge in [0.2, 0.25) is 35.4 Å². The van der Waals surface area contributed by atoms with Crippen molar-refractivity contribution in [1.82, 2.24) is 52.3 Å². The summed E-state index contributed by atoms with van der Waals surface area (Å²) in [5.41, 5.74) is 0.508. The van der Waals surface area contributed by atoms with Crippen LogP contribution in [0.2, 0.25) is 0 Å². The summed E-state index contributed by atoms with van der Waals surface area (Å²) in [7, 11) is 3.28. The van der Waals surface area contributed by atoms with Gasteiger partial charge in [-0.3, -0.25) is 38.4 Å². The summed E-state index contributed by atoms with van der Waals surface area (Å²) >= 11 is 0. The number of carbonyl (C=O) groups excluding carboxylic acids is 8. The summed E-state index contributed by atoms with van der Waals surface area (Å²) in [4.78, 5) is 115. The van der Waals surface area contributed by atoms with Crippen molar-refractivity contribution in [2.24, 2.45) is 10.8 Å². The molecule has 18 nitrogen and oxygen atoms in total. The van der Waals surface area contributed by atoms with Crippen LogP contribution >= 0.6 is 0 Å². The number of hydrogen-bond acceptors (Lipinski definition) is 10. The van der Waals surface area contributed by atoms with Crippen molar-refractivity contribution in [2.75, 3.05) is 27.2 Å². The summed E-state index contributed by atoms with van der Waals surface area (Å²) < 4.78 is 0. The number of nitrogens with one attached hydrogen (secondary N) is 8. The molecule has 0 saturated carbocycles. The van der Waals surface area contributed by atoms with Crippen molar-refractivity contribution in [1.29, 1.82) is 0 Å². The maximum absolute atomic E-state index is 14.5. The van der Waals surface area contributed by atoms with Crippen LogP contribution in [0.3, 0.4) is 0 Å². The Kier molecular flexibility index (Phi) is 18.9. The third-order valence-corrected chi connectivity index (χ3v) is 13.6. The van der Waals surface area contributed by atoms with Gasteiger partial charge in [-0.1, -0.05) is 108 Å². The molecule has 2 heterocycles. The summed E-state index contributed by atoms with van der Waals surface area (Å²) in [6.07, 6.45) is 0.152. The van der Waals surface area contributed by atoms with E-state index in [0.29, 0.717) is 0 Å². The predicted octanol–water partition coefficient (Wildman–Crippen LogP) is 3.12. The van der Waals surface area contributed by atoms with E-state index in [-0.39, 0.29) is 48.9 Å². The Balaban J connectivity index is 1.35. The molecule has 3 aromatic carbocycles. The normalized spacial score (nSPS) is 20.4. The molecule has 2 aliphatic heterocycles. The van der Waals surface area contributed by atoms with E-state index >= 15 is 0 Å². The van der Waals surface area contributed by atoms with E-state index in [2.05, 4.69) is 42.5 Å². The number of benzene rings is 3. The quantitative estimate of drug-likeness (QED) is 0.0927. The Morgan fingerprint density at radius 2 is 0.847 bits per heavy atom. The van der Waals surface area contributed by atoms with Gasteiger partial charge in [-0.05, 0) is 94.8 Å². The van der Waals surface area contributed by atoms with Crippen LogP contribution in [0.1, 0.15) is 126 Å². The van der Waals surface area contributed by atoms with Crippen LogP contribution < -0.4 is 42.5 Å². The number of rotatable bonds is 18. The fourth-order valence-electron chi connectivity index (χ4n) is 8.90. The first kappa shape index (κ1) is 56.3. The number of amides is 8. The molecular formula is C54H76N10O8. The Morgan fingerprint density at radius 1 is 0.500 bits per heavy atom. The van der Waals surface area contributed by atoms with Crippen molar-refractivity contribution >= 4 is 47.3 Å². The molecule has 0 spiro atoms. The van der Waals surface area contributed by atoms with Crippen molar-refractivity contribution in [3.63, 3.8) is 0 Å². The lowest BCUT2D eigenvalue weighted by Gasteiger charge is -2.36. The summed E-state index contributed by atoms with van der Waals surface area (Å²) in [5.74, 6) is -3.64. The number of nitrogens with zero attached hydrogens (tertiary/aromatic N) is 2. The number of likely N-dealkylation sites (N-methyl/N-ethyl adjacent to an activating group) is 2.